The summed E-state index contributed by atoms with van der Waals surface area (Å²) in [6.07, 6.45) is 2.78. The molecule has 0 N–H and O–H groups in total. The number of rotatable bonds is 0. The maximum atomic E-state index is 4.16. The molecule has 0 aliphatic carbocycles. The van der Waals surface area contributed by atoms with Gasteiger partial charge in [0, 0.05) is 0 Å². The molecule has 0 unspecified atom stereocenters. The molecule has 1 radical (unpaired) electrons. The molecule has 2 heteroatoms. The molecule has 0 aromatic carbocycles. The highest BCUT2D eigenvalue weighted by atomic mass is 14.8. The van der Waals surface area contributed by atoms with Gasteiger partial charge in [-0.3, -0.25) is 4.98 Å². The summed E-state index contributed by atoms with van der Waals surface area (Å²) in [4.78, 5) is 8.15. The molecule has 0 amide bonds. The summed E-state index contributed by atoms with van der Waals surface area (Å²) in [5, 5.41) is 0. The predicted molar refractivity (Wildman–Crippen MR) is 35.1 cm³/mol. The van der Waals surface area contributed by atoms with Crippen molar-refractivity contribution in [2.75, 3.05) is 0 Å². The minimum absolute atomic E-state index is 0.859. The molecule has 0 fully saturated rings. The van der Waals surface area contributed by atoms with Crippen LogP contribution in [-0.4, -0.2) is 9.97 Å². The van der Waals surface area contributed by atoms with E-state index in [9.17, 15) is 0 Å². The molecule has 0 aliphatic rings. The lowest BCUT2D eigenvalue weighted by Crippen LogP contribution is -1.92. The van der Waals surface area contributed by atoms with Crippen LogP contribution in [0.5, 0.6) is 0 Å². The smallest absolute Gasteiger partial charge is 0.112 e. The van der Waals surface area contributed by atoms with Crippen LogP contribution in [0.1, 0.15) is 17.1 Å². The van der Waals surface area contributed by atoms with Crippen LogP contribution in [0.4, 0.5) is 0 Å². The molecule has 1 aromatic rings. The second-order valence-corrected chi connectivity index (χ2v) is 2.09. The van der Waals surface area contributed by atoms with E-state index in [0.717, 1.165) is 17.1 Å². The quantitative estimate of drug-likeness (QED) is 0.515. The topological polar surface area (TPSA) is 25.8 Å². The van der Waals surface area contributed by atoms with Crippen LogP contribution in [0, 0.1) is 27.0 Å². The molecule has 0 saturated heterocycles. The fraction of sp³-hybridized carbons (Fsp3) is 0.429. The highest BCUT2D eigenvalue weighted by molar-refractivity contribution is 5.08. The van der Waals surface area contributed by atoms with Crippen LogP contribution in [0.2, 0.25) is 0 Å². The van der Waals surface area contributed by atoms with E-state index in [-0.39, 0.29) is 0 Å². The van der Waals surface area contributed by atoms with E-state index in [2.05, 4.69) is 16.2 Å². The van der Waals surface area contributed by atoms with Crippen molar-refractivity contribution in [1.29, 1.82) is 0 Å². The van der Waals surface area contributed by atoms with Gasteiger partial charge in [-0.25, -0.2) is 4.98 Å². The van der Waals surface area contributed by atoms with Crippen LogP contribution in [0.15, 0.2) is 0 Å². The summed E-state index contributed by atoms with van der Waals surface area (Å²) >= 11 is 0. The number of aryl methyl sites for hydroxylation is 3. The molecular formula is C7H9N2. The Morgan fingerprint density at radius 1 is 1.11 bits per heavy atom. The molecule has 1 rings (SSSR count). The fourth-order valence-electron chi connectivity index (χ4n) is 0.603. The minimum Gasteiger partial charge on any atom is -0.254 e. The summed E-state index contributed by atoms with van der Waals surface area (Å²) in [5.41, 5.74) is 2.81. The molecular weight excluding hydrogens is 112 g/mol. The van der Waals surface area contributed by atoms with E-state index in [1.165, 1.54) is 0 Å². The second-order valence-electron chi connectivity index (χ2n) is 2.09. The van der Waals surface area contributed by atoms with Crippen molar-refractivity contribution in [3.05, 3.63) is 23.3 Å². The molecule has 2 nitrogen and oxygen atoms in total. The molecule has 0 saturated carbocycles. The fourth-order valence-corrected chi connectivity index (χ4v) is 0.603. The molecule has 0 bridgehead atoms. The van der Waals surface area contributed by atoms with Gasteiger partial charge in [-0.2, -0.15) is 0 Å². The number of hydrogen-bond acceptors (Lipinski definition) is 2. The molecule has 1 aromatic heterocycles. The second kappa shape index (κ2) is 2.13. The Labute approximate surface area is 55.0 Å². The zero-order valence-corrected chi connectivity index (χ0v) is 5.89. The zero-order valence-electron chi connectivity index (χ0n) is 5.89. The first-order chi connectivity index (χ1) is 4.20. The van der Waals surface area contributed by atoms with E-state index in [0.29, 0.717) is 0 Å². The van der Waals surface area contributed by atoms with Crippen LogP contribution < -0.4 is 0 Å². The first-order valence-corrected chi connectivity index (χ1v) is 2.89. The van der Waals surface area contributed by atoms with E-state index < -0.39 is 0 Å². The molecule has 0 spiro atoms. The summed E-state index contributed by atoms with van der Waals surface area (Å²) in [6.45, 7) is 5.76. The van der Waals surface area contributed by atoms with Gasteiger partial charge in [-0.15, -0.1) is 0 Å². The van der Waals surface area contributed by atoms with Crippen LogP contribution in [0.25, 0.3) is 0 Å². The van der Waals surface area contributed by atoms with Gasteiger partial charge in [0.1, 0.15) is 6.20 Å². The SMILES string of the molecule is Cc1[c]nc(C)c(C)n1. The minimum atomic E-state index is 0.859. The summed E-state index contributed by atoms with van der Waals surface area (Å²) in [7, 11) is 0. The van der Waals surface area contributed by atoms with Crippen molar-refractivity contribution in [2.45, 2.75) is 20.8 Å². The van der Waals surface area contributed by atoms with Gasteiger partial charge in [-0.05, 0) is 20.8 Å². The normalized spacial score (nSPS) is 9.67. The average molecular weight is 121 g/mol. The van der Waals surface area contributed by atoms with Crippen molar-refractivity contribution in [1.82, 2.24) is 9.97 Å². The lowest BCUT2D eigenvalue weighted by atomic mass is 10.3. The molecule has 9 heavy (non-hydrogen) atoms. The van der Waals surface area contributed by atoms with Gasteiger partial charge in [0.15, 0.2) is 0 Å². The molecule has 0 atom stereocenters. The van der Waals surface area contributed by atoms with Crippen molar-refractivity contribution in [2.24, 2.45) is 0 Å². The highest BCUT2D eigenvalue weighted by Crippen LogP contribution is 1.97. The highest BCUT2D eigenvalue weighted by Gasteiger charge is 1.93. The third-order valence-corrected chi connectivity index (χ3v) is 1.24. The van der Waals surface area contributed by atoms with E-state index in [1.54, 1.807) is 0 Å². The van der Waals surface area contributed by atoms with Crippen molar-refractivity contribution in [3.63, 3.8) is 0 Å². The third kappa shape index (κ3) is 1.25. The van der Waals surface area contributed by atoms with Crippen molar-refractivity contribution in [3.8, 4) is 0 Å². The number of nitrogens with zero attached hydrogens (tertiary/aromatic N) is 2. The van der Waals surface area contributed by atoms with Gasteiger partial charge in [-0.1, -0.05) is 0 Å². The van der Waals surface area contributed by atoms with Crippen molar-refractivity contribution >= 4 is 0 Å². The Balaban J connectivity index is 3.17. The monoisotopic (exact) mass is 121 g/mol. The summed E-state index contributed by atoms with van der Waals surface area (Å²) in [5.74, 6) is 0. The van der Waals surface area contributed by atoms with Gasteiger partial charge in [0.2, 0.25) is 0 Å². The maximum Gasteiger partial charge on any atom is 0.112 e. The Morgan fingerprint density at radius 3 is 2.22 bits per heavy atom. The Morgan fingerprint density at radius 2 is 1.78 bits per heavy atom. The zero-order chi connectivity index (χ0) is 6.85. The average Bonchev–Trinajstić information content (AvgIpc) is 1.80. The van der Waals surface area contributed by atoms with Crippen molar-refractivity contribution < 1.29 is 0 Å². The van der Waals surface area contributed by atoms with E-state index in [1.807, 2.05) is 20.8 Å². The van der Waals surface area contributed by atoms with E-state index in [4.69, 9.17) is 0 Å². The molecule has 1 heterocycles. The van der Waals surface area contributed by atoms with Gasteiger partial charge < -0.3 is 0 Å². The standard InChI is InChI=1S/C7H9N2/c1-5-4-8-6(2)7(3)9-5/h1-3H3. The first-order valence-electron chi connectivity index (χ1n) is 2.89. The Hall–Kier alpha value is -0.920. The van der Waals surface area contributed by atoms with Gasteiger partial charge in [0.05, 0.1) is 17.1 Å². The number of hydrogen-bond donors (Lipinski definition) is 0. The largest absolute Gasteiger partial charge is 0.254 e. The van der Waals surface area contributed by atoms with Crippen LogP contribution in [-0.2, 0) is 0 Å². The molecule has 47 valence electrons. The van der Waals surface area contributed by atoms with E-state index >= 15 is 0 Å². The first kappa shape index (κ1) is 6.20. The van der Waals surface area contributed by atoms with Gasteiger partial charge in [0.25, 0.3) is 0 Å². The Kier molecular flexibility index (Phi) is 1.47. The van der Waals surface area contributed by atoms with Gasteiger partial charge >= 0.3 is 0 Å². The summed E-state index contributed by atoms with van der Waals surface area (Å²) in [6, 6.07) is 0. The number of aromatic nitrogens is 2. The van der Waals surface area contributed by atoms with Crippen LogP contribution in [0.3, 0.4) is 0 Å². The Bertz CT molecular complexity index is 218. The lowest BCUT2D eigenvalue weighted by Gasteiger charge is -1.95. The molecule has 0 aliphatic heterocycles. The lowest BCUT2D eigenvalue weighted by molar-refractivity contribution is 0.995. The van der Waals surface area contributed by atoms with Crippen LogP contribution >= 0.6 is 0 Å². The third-order valence-electron chi connectivity index (χ3n) is 1.24. The predicted octanol–water partition coefficient (Wildman–Crippen LogP) is 1.20. The summed E-state index contributed by atoms with van der Waals surface area (Å²) < 4.78 is 0. The maximum absolute atomic E-state index is 4.16.